The lowest BCUT2D eigenvalue weighted by atomic mass is 10.2. The first kappa shape index (κ1) is 15.9. The number of para-hydroxylation sites is 2. The number of amides is 1. The topological polar surface area (TPSA) is 51.3 Å². The average molecular weight is 337 g/mol. The minimum Gasteiger partial charge on any atom is -0.469 e. The van der Waals surface area contributed by atoms with E-state index < -0.39 is 0 Å². The van der Waals surface area contributed by atoms with Gasteiger partial charge >= 0.3 is 0 Å². The van der Waals surface area contributed by atoms with Crippen molar-refractivity contribution in [3.63, 3.8) is 0 Å². The van der Waals surface area contributed by atoms with Gasteiger partial charge in [-0.3, -0.25) is 4.79 Å². The van der Waals surface area contributed by atoms with Gasteiger partial charge in [0, 0.05) is 25.9 Å². The summed E-state index contributed by atoms with van der Waals surface area (Å²) in [7, 11) is 0. The van der Waals surface area contributed by atoms with Crippen LogP contribution in [0.4, 0.5) is 0 Å². The molecule has 2 aromatic heterocycles. The van der Waals surface area contributed by atoms with Gasteiger partial charge in [-0.15, -0.1) is 0 Å². The zero-order valence-corrected chi connectivity index (χ0v) is 14.5. The quantitative estimate of drug-likeness (QED) is 0.708. The summed E-state index contributed by atoms with van der Waals surface area (Å²) in [6, 6.07) is 12.1. The van der Waals surface area contributed by atoms with Crippen LogP contribution in [0.2, 0.25) is 0 Å². The summed E-state index contributed by atoms with van der Waals surface area (Å²) in [6.45, 7) is 3.81. The molecule has 1 aliphatic rings. The van der Waals surface area contributed by atoms with Crippen LogP contribution in [0.1, 0.15) is 43.8 Å². The highest BCUT2D eigenvalue weighted by molar-refractivity contribution is 5.78. The number of nitrogens with zero attached hydrogens (tertiary/aromatic N) is 3. The molecule has 0 unspecified atom stereocenters. The summed E-state index contributed by atoms with van der Waals surface area (Å²) in [6.07, 6.45) is 4.80. The van der Waals surface area contributed by atoms with Crippen molar-refractivity contribution >= 4 is 16.9 Å². The van der Waals surface area contributed by atoms with E-state index in [1.54, 1.807) is 6.26 Å². The Labute approximate surface area is 147 Å². The van der Waals surface area contributed by atoms with Gasteiger partial charge in [0.2, 0.25) is 5.91 Å². The van der Waals surface area contributed by atoms with Gasteiger partial charge in [-0.25, -0.2) is 4.98 Å². The molecular weight excluding hydrogens is 314 g/mol. The lowest BCUT2D eigenvalue weighted by Crippen LogP contribution is -2.32. The van der Waals surface area contributed by atoms with Gasteiger partial charge < -0.3 is 13.9 Å². The number of hydrogen-bond donors (Lipinski definition) is 0. The van der Waals surface area contributed by atoms with Crippen molar-refractivity contribution in [2.75, 3.05) is 6.54 Å². The van der Waals surface area contributed by atoms with Crippen molar-refractivity contribution in [2.24, 2.45) is 0 Å². The van der Waals surface area contributed by atoms with Crippen LogP contribution in [-0.4, -0.2) is 26.9 Å². The molecule has 0 spiro atoms. The summed E-state index contributed by atoms with van der Waals surface area (Å²) in [5.41, 5.74) is 2.16. The van der Waals surface area contributed by atoms with Gasteiger partial charge in [0.1, 0.15) is 11.6 Å². The molecule has 1 aromatic carbocycles. The summed E-state index contributed by atoms with van der Waals surface area (Å²) in [5.74, 6) is 2.08. The van der Waals surface area contributed by atoms with E-state index in [-0.39, 0.29) is 11.9 Å². The SMILES string of the molecule is CCn1c([C@@H]2CCCN2C(=O)CCc2ccco2)nc2ccccc21. The summed E-state index contributed by atoms with van der Waals surface area (Å²) < 4.78 is 7.60. The molecule has 4 rings (SSSR count). The van der Waals surface area contributed by atoms with E-state index in [2.05, 4.69) is 17.6 Å². The molecule has 3 heterocycles. The highest BCUT2D eigenvalue weighted by atomic mass is 16.3. The van der Waals surface area contributed by atoms with Crippen molar-refractivity contribution in [3.05, 3.63) is 54.2 Å². The number of carbonyl (C=O) groups is 1. The largest absolute Gasteiger partial charge is 0.469 e. The normalized spacial score (nSPS) is 17.5. The van der Waals surface area contributed by atoms with Crippen LogP contribution in [0.15, 0.2) is 47.1 Å². The fourth-order valence-electron chi connectivity index (χ4n) is 3.84. The molecule has 5 heteroatoms. The van der Waals surface area contributed by atoms with Crippen LogP contribution in [-0.2, 0) is 17.8 Å². The fourth-order valence-corrected chi connectivity index (χ4v) is 3.84. The van der Waals surface area contributed by atoms with E-state index in [0.29, 0.717) is 12.8 Å². The van der Waals surface area contributed by atoms with Crippen molar-refractivity contribution in [2.45, 2.75) is 45.2 Å². The van der Waals surface area contributed by atoms with E-state index in [4.69, 9.17) is 9.40 Å². The first-order chi connectivity index (χ1) is 12.3. The smallest absolute Gasteiger partial charge is 0.223 e. The minimum atomic E-state index is 0.0800. The number of rotatable bonds is 5. The number of fused-ring (bicyclic) bond motifs is 1. The molecule has 0 aliphatic carbocycles. The van der Waals surface area contributed by atoms with Crippen molar-refractivity contribution in [1.82, 2.24) is 14.5 Å². The number of carbonyl (C=O) groups excluding carboxylic acids is 1. The standard InChI is InChI=1S/C20H23N3O2/c1-2-22-17-9-4-3-8-16(17)21-20(22)18-10-5-13-23(18)19(24)12-11-15-7-6-14-25-15/h3-4,6-9,14,18H,2,5,10-13H2,1H3/t18-/m0/s1. The van der Waals surface area contributed by atoms with E-state index in [1.165, 1.54) is 0 Å². The Morgan fingerprint density at radius 1 is 1.28 bits per heavy atom. The Bertz CT molecular complexity index is 866. The predicted molar refractivity (Wildman–Crippen MR) is 96.1 cm³/mol. The highest BCUT2D eigenvalue weighted by Gasteiger charge is 2.33. The van der Waals surface area contributed by atoms with Gasteiger partial charge in [0.25, 0.3) is 0 Å². The zero-order valence-electron chi connectivity index (χ0n) is 14.5. The third-order valence-corrected chi connectivity index (χ3v) is 5.04. The molecule has 0 bridgehead atoms. The highest BCUT2D eigenvalue weighted by Crippen LogP contribution is 2.34. The number of hydrogen-bond acceptors (Lipinski definition) is 3. The number of imidazole rings is 1. The molecule has 0 N–H and O–H groups in total. The van der Waals surface area contributed by atoms with E-state index in [0.717, 1.165) is 48.5 Å². The van der Waals surface area contributed by atoms with Crippen LogP contribution in [0.3, 0.4) is 0 Å². The second-order valence-corrected chi connectivity index (χ2v) is 6.53. The van der Waals surface area contributed by atoms with Gasteiger partial charge in [-0.1, -0.05) is 12.1 Å². The number of benzene rings is 1. The second-order valence-electron chi connectivity index (χ2n) is 6.53. The summed E-state index contributed by atoms with van der Waals surface area (Å²) in [5, 5.41) is 0. The summed E-state index contributed by atoms with van der Waals surface area (Å²) >= 11 is 0. The van der Waals surface area contributed by atoms with E-state index >= 15 is 0 Å². The number of aryl methyl sites for hydroxylation is 2. The Balaban J connectivity index is 1.58. The molecule has 5 nitrogen and oxygen atoms in total. The van der Waals surface area contributed by atoms with Gasteiger partial charge in [-0.2, -0.15) is 0 Å². The van der Waals surface area contributed by atoms with Crippen molar-refractivity contribution < 1.29 is 9.21 Å². The van der Waals surface area contributed by atoms with E-state index in [9.17, 15) is 4.79 Å². The third-order valence-electron chi connectivity index (χ3n) is 5.04. The molecule has 0 radical (unpaired) electrons. The molecule has 130 valence electrons. The van der Waals surface area contributed by atoms with Crippen LogP contribution < -0.4 is 0 Å². The minimum absolute atomic E-state index is 0.0800. The molecule has 3 aromatic rings. The predicted octanol–water partition coefficient (Wildman–Crippen LogP) is 3.95. The molecular formula is C20H23N3O2. The molecule has 1 atom stereocenters. The zero-order chi connectivity index (χ0) is 17.2. The van der Waals surface area contributed by atoms with Crippen molar-refractivity contribution in [3.8, 4) is 0 Å². The number of furan rings is 1. The molecule has 1 aliphatic heterocycles. The maximum atomic E-state index is 12.8. The van der Waals surface area contributed by atoms with Gasteiger partial charge in [0.05, 0.1) is 23.3 Å². The average Bonchev–Trinajstić information content (AvgIpc) is 3.37. The Morgan fingerprint density at radius 3 is 2.96 bits per heavy atom. The van der Waals surface area contributed by atoms with Crippen LogP contribution in [0.25, 0.3) is 11.0 Å². The van der Waals surface area contributed by atoms with Crippen LogP contribution in [0, 0.1) is 0 Å². The number of likely N-dealkylation sites (tertiary alicyclic amines) is 1. The molecule has 1 saturated heterocycles. The fraction of sp³-hybridized carbons (Fsp3) is 0.400. The maximum absolute atomic E-state index is 12.8. The molecule has 0 saturated carbocycles. The van der Waals surface area contributed by atoms with E-state index in [1.807, 2.05) is 35.2 Å². The second kappa shape index (κ2) is 6.75. The lowest BCUT2D eigenvalue weighted by Gasteiger charge is -2.25. The molecule has 1 amide bonds. The Hall–Kier alpha value is -2.56. The Morgan fingerprint density at radius 2 is 2.16 bits per heavy atom. The van der Waals surface area contributed by atoms with Crippen LogP contribution >= 0.6 is 0 Å². The first-order valence-electron chi connectivity index (χ1n) is 9.05. The molecule has 25 heavy (non-hydrogen) atoms. The van der Waals surface area contributed by atoms with Gasteiger partial charge in [-0.05, 0) is 44.0 Å². The van der Waals surface area contributed by atoms with Crippen molar-refractivity contribution in [1.29, 1.82) is 0 Å². The lowest BCUT2D eigenvalue weighted by molar-refractivity contribution is -0.132. The Kier molecular flexibility index (Phi) is 4.30. The monoisotopic (exact) mass is 337 g/mol. The molecule has 1 fully saturated rings. The van der Waals surface area contributed by atoms with Gasteiger partial charge in [0.15, 0.2) is 0 Å². The number of aromatic nitrogens is 2. The summed E-state index contributed by atoms with van der Waals surface area (Å²) in [4.78, 5) is 19.7. The third kappa shape index (κ3) is 2.95. The first-order valence-corrected chi connectivity index (χ1v) is 9.05. The maximum Gasteiger partial charge on any atom is 0.223 e. The van der Waals surface area contributed by atoms with Crippen LogP contribution in [0.5, 0.6) is 0 Å².